The normalized spacial score (nSPS) is 18.6. The fourth-order valence-corrected chi connectivity index (χ4v) is 3.96. The van der Waals surface area contributed by atoms with Gasteiger partial charge in [0.2, 0.25) is 0 Å². The van der Waals surface area contributed by atoms with Gasteiger partial charge in [0.05, 0.1) is 23.1 Å². The molecule has 7 heteroatoms. The first-order chi connectivity index (χ1) is 13.3. The minimum absolute atomic E-state index is 0.0277. The average molecular weight is 382 g/mol. The van der Waals surface area contributed by atoms with E-state index in [1.807, 2.05) is 61.4 Å². The van der Waals surface area contributed by atoms with Crippen LogP contribution in [-0.2, 0) is 4.74 Å². The van der Waals surface area contributed by atoms with Gasteiger partial charge in [0.1, 0.15) is 11.9 Å². The summed E-state index contributed by atoms with van der Waals surface area (Å²) in [4.78, 5) is 34.1. The van der Waals surface area contributed by atoms with Gasteiger partial charge in [-0.05, 0) is 52.7 Å². The largest absolute Gasteiger partial charge is 0.455 e. The summed E-state index contributed by atoms with van der Waals surface area (Å²) in [6, 6.07) is 7.36. The number of ether oxygens (including phenoxy) is 1. The van der Waals surface area contributed by atoms with E-state index in [1.165, 1.54) is 0 Å². The highest BCUT2D eigenvalue weighted by Crippen LogP contribution is 2.40. The summed E-state index contributed by atoms with van der Waals surface area (Å²) in [7, 11) is 0. The number of esters is 1. The van der Waals surface area contributed by atoms with Gasteiger partial charge in [-0.1, -0.05) is 12.1 Å². The monoisotopic (exact) mass is 382 g/mol. The van der Waals surface area contributed by atoms with E-state index in [1.54, 1.807) is 11.2 Å². The van der Waals surface area contributed by atoms with E-state index < -0.39 is 11.6 Å². The van der Waals surface area contributed by atoms with Crippen LogP contribution in [0, 0.1) is 0 Å². The second kappa shape index (κ2) is 6.65. The fourth-order valence-electron chi connectivity index (χ4n) is 3.96. The number of hydrogen-bond donors (Lipinski definition) is 0. The standard InChI is InChI=1S/C21H26N4O3/c1-14-18-17(19(26)28-21(2,3)4)22-13-24(18)15-9-5-6-10-16(15)25(14)20(27)23-11-7-8-12-23/h5-6,9-10,13-14H,7-8,11-12H2,1-4H3. The molecule has 1 aromatic carbocycles. The Morgan fingerprint density at radius 3 is 2.39 bits per heavy atom. The first kappa shape index (κ1) is 18.5. The molecule has 1 aromatic heterocycles. The number of urea groups is 1. The van der Waals surface area contributed by atoms with E-state index in [-0.39, 0.29) is 17.8 Å². The van der Waals surface area contributed by atoms with Gasteiger partial charge in [0.15, 0.2) is 5.69 Å². The lowest BCUT2D eigenvalue weighted by atomic mass is 10.1. The Kier molecular flexibility index (Phi) is 4.40. The van der Waals surface area contributed by atoms with Crippen LogP contribution in [0.15, 0.2) is 30.6 Å². The number of carbonyl (C=O) groups is 2. The summed E-state index contributed by atoms with van der Waals surface area (Å²) in [5.41, 5.74) is 1.99. The zero-order valence-corrected chi connectivity index (χ0v) is 16.8. The molecule has 4 rings (SSSR count). The van der Waals surface area contributed by atoms with E-state index in [0.717, 1.165) is 37.3 Å². The van der Waals surface area contributed by atoms with Crippen molar-refractivity contribution in [1.29, 1.82) is 0 Å². The van der Waals surface area contributed by atoms with Crippen LogP contribution in [0.2, 0.25) is 0 Å². The topological polar surface area (TPSA) is 67.7 Å². The van der Waals surface area contributed by atoms with Crippen LogP contribution in [0.5, 0.6) is 0 Å². The van der Waals surface area contributed by atoms with Crippen LogP contribution >= 0.6 is 0 Å². The van der Waals surface area contributed by atoms with Crippen LogP contribution in [0.25, 0.3) is 5.69 Å². The number of fused-ring (bicyclic) bond motifs is 3. The number of anilines is 1. The average Bonchev–Trinajstić information content (AvgIpc) is 3.30. The highest BCUT2D eigenvalue weighted by atomic mass is 16.6. The molecule has 0 radical (unpaired) electrons. The molecule has 0 bridgehead atoms. The number of carbonyl (C=O) groups excluding carboxylic acids is 2. The Morgan fingerprint density at radius 1 is 1.11 bits per heavy atom. The Bertz CT molecular complexity index is 922. The van der Waals surface area contributed by atoms with Crippen molar-refractivity contribution in [3.63, 3.8) is 0 Å². The number of hydrogen-bond acceptors (Lipinski definition) is 4. The van der Waals surface area contributed by atoms with Crippen LogP contribution in [0.3, 0.4) is 0 Å². The Hall–Kier alpha value is -2.83. The molecule has 1 saturated heterocycles. The number of likely N-dealkylation sites (tertiary alicyclic amines) is 1. The van der Waals surface area contributed by atoms with Crippen LogP contribution < -0.4 is 4.90 Å². The van der Waals surface area contributed by atoms with Gasteiger partial charge in [0, 0.05) is 13.1 Å². The zero-order valence-electron chi connectivity index (χ0n) is 16.8. The van der Waals surface area contributed by atoms with Gasteiger partial charge < -0.3 is 9.64 Å². The smallest absolute Gasteiger partial charge is 0.359 e. The van der Waals surface area contributed by atoms with Crippen LogP contribution in [0.1, 0.15) is 62.8 Å². The van der Waals surface area contributed by atoms with Crippen molar-refractivity contribution in [1.82, 2.24) is 14.5 Å². The predicted molar refractivity (Wildman–Crippen MR) is 106 cm³/mol. The lowest BCUT2D eigenvalue weighted by Gasteiger charge is -2.38. The molecule has 2 amide bonds. The molecule has 0 N–H and O–H groups in total. The van der Waals surface area contributed by atoms with Crippen molar-refractivity contribution < 1.29 is 14.3 Å². The molecule has 3 heterocycles. The molecule has 1 atom stereocenters. The molecular formula is C21H26N4O3. The third kappa shape index (κ3) is 3.04. The number of imidazole rings is 1. The third-order valence-corrected chi connectivity index (χ3v) is 5.16. The van der Waals surface area contributed by atoms with E-state index in [2.05, 4.69) is 4.98 Å². The van der Waals surface area contributed by atoms with E-state index >= 15 is 0 Å². The van der Waals surface area contributed by atoms with E-state index in [9.17, 15) is 9.59 Å². The maximum absolute atomic E-state index is 13.3. The van der Waals surface area contributed by atoms with Gasteiger partial charge in [-0.25, -0.2) is 14.6 Å². The number of benzene rings is 1. The van der Waals surface area contributed by atoms with Crippen molar-refractivity contribution in [3.05, 3.63) is 42.0 Å². The first-order valence-electron chi connectivity index (χ1n) is 9.76. The Labute approximate surface area is 164 Å². The lowest BCUT2D eigenvalue weighted by Crippen LogP contribution is -2.46. The molecule has 2 aliphatic rings. The fraction of sp³-hybridized carbons (Fsp3) is 0.476. The number of aromatic nitrogens is 2. The van der Waals surface area contributed by atoms with Gasteiger partial charge >= 0.3 is 12.0 Å². The number of nitrogens with zero attached hydrogens (tertiary/aromatic N) is 4. The number of rotatable bonds is 1. The van der Waals surface area contributed by atoms with Crippen molar-refractivity contribution >= 4 is 17.7 Å². The van der Waals surface area contributed by atoms with Crippen molar-refractivity contribution in [2.45, 2.75) is 52.2 Å². The predicted octanol–water partition coefficient (Wildman–Crippen LogP) is 3.92. The number of para-hydroxylation sites is 2. The molecule has 1 fully saturated rings. The molecule has 2 aliphatic heterocycles. The highest BCUT2D eigenvalue weighted by molar-refractivity contribution is 5.98. The molecule has 7 nitrogen and oxygen atoms in total. The molecular weight excluding hydrogens is 356 g/mol. The SMILES string of the molecule is CC1c2c(C(=O)OC(C)(C)C)ncn2-c2ccccc2N1C(=O)N1CCCC1. The highest BCUT2D eigenvalue weighted by Gasteiger charge is 2.39. The van der Waals surface area contributed by atoms with E-state index in [0.29, 0.717) is 5.69 Å². The molecule has 1 unspecified atom stereocenters. The molecule has 0 spiro atoms. The molecule has 0 aliphatic carbocycles. The molecule has 148 valence electrons. The summed E-state index contributed by atoms with van der Waals surface area (Å²) in [5.74, 6) is -0.471. The second-order valence-corrected chi connectivity index (χ2v) is 8.36. The van der Waals surface area contributed by atoms with E-state index in [4.69, 9.17) is 4.74 Å². The summed E-state index contributed by atoms with van der Waals surface area (Å²) >= 11 is 0. The van der Waals surface area contributed by atoms with Crippen LogP contribution in [-0.4, -0.2) is 45.1 Å². The van der Waals surface area contributed by atoms with Gasteiger partial charge in [0.25, 0.3) is 0 Å². The number of amides is 2. The lowest BCUT2D eigenvalue weighted by molar-refractivity contribution is 0.00613. The third-order valence-electron chi connectivity index (χ3n) is 5.16. The zero-order chi connectivity index (χ0) is 20.1. The molecule has 2 aromatic rings. The summed E-state index contributed by atoms with van der Waals surface area (Å²) < 4.78 is 7.45. The second-order valence-electron chi connectivity index (χ2n) is 8.36. The van der Waals surface area contributed by atoms with Crippen molar-refractivity contribution in [2.75, 3.05) is 18.0 Å². The molecule has 0 saturated carbocycles. The van der Waals surface area contributed by atoms with Gasteiger partial charge in [-0.3, -0.25) is 9.47 Å². The van der Waals surface area contributed by atoms with Gasteiger partial charge in [-0.2, -0.15) is 0 Å². The maximum atomic E-state index is 13.3. The van der Waals surface area contributed by atoms with Crippen LogP contribution in [0.4, 0.5) is 10.5 Å². The summed E-state index contributed by atoms with van der Waals surface area (Å²) in [6.07, 6.45) is 3.69. The maximum Gasteiger partial charge on any atom is 0.359 e. The van der Waals surface area contributed by atoms with Gasteiger partial charge in [-0.15, -0.1) is 0 Å². The molecule has 28 heavy (non-hydrogen) atoms. The van der Waals surface area contributed by atoms with Crippen molar-refractivity contribution in [2.24, 2.45) is 0 Å². The Morgan fingerprint density at radius 2 is 1.75 bits per heavy atom. The summed E-state index contributed by atoms with van der Waals surface area (Å²) in [6.45, 7) is 8.95. The minimum atomic E-state index is -0.617. The minimum Gasteiger partial charge on any atom is -0.455 e. The quantitative estimate of drug-likeness (QED) is 0.701. The summed E-state index contributed by atoms with van der Waals surface area (Å²) in [5, 5.41) is 0. The first-order valence-corrected chi connectivity index (χ1v) is 9.76. The Balaban J connectivity index is 1.80. The van der Waals surface area contributed by atoms with Crippen molar-refractivity contribution in [3.8, 4) is 5.69 Å².